The van der Waals surface area contributed by atoms with Gasteiger partial charge in [0.15, 0.2) is 0 Å². The Hall–Kier alpha value is -1.84. The highest BCUT2D eigenvalue weighted by atomic mass is 16.2. The minimum atomic E-state index is 0.0816. The molecule has 0 bridgehead atoms. The Balaban J connectivity index is 1.62. The Bertz CT molecular complexity index is 523. The van der Waals surface area contributed by atoms with Crippen molar-refractivity contribution in [1.29, 1.82) is 0 Å². The number of carbonyl (C=O) groups is 2. The van der Waals surface area contributed by atoms with Crippen molar-refractivity contribution in [3.63, 3.8) is 0 Å². The number of amides is 2. The summed E-state index contributed by atoms with van der Waals surface area (Å²) in [5, 5.41) is 5.78. The predicted molar refractivity (Wildman–Crippen MR) is 73.7 cm³/mol. The second-order valence-corrected chi connectivity index (χ2v) is 5.65. The monoisotopic (exact) mass is 258 g/mol. The fraction of sp³-hybridized carbons (Fsp3) is 0.467. The number of anilines is 2. The number of benzene rings is 1. The first-order valence-electron chi connectivity index (χ1n) is 6.85. The molecular weight excluding hydrogens is 240 g/mol. The van der Waals surface area contributed by atoms with E-state index in [-0.39, 0.29) is 23.7 Å². The van der Waals surface area contributed by atoms with E-state index in [4.69, 9.17) is 0 Å². The van der Waals surface area contributed by atoms with E-state index in [0.717, 1.165) is 30.6 Å². The van der Waals surface area contributed by atoms with E-state index in [1.165, 1.54) is 0 Å². The molecule has 1 aromatic carbocycles. The molecule has 0 unspecified atom stereocenters. The lowest BCUT2D eigenvalue weighted by Gasteiger charge is -2.08. The Kier molecular flexibility index (Phi) is 3.01. The molecule has 0 aliphatic heterocycles. The van der Waals surface area contributed by atoms with Gasteiger partial charge in [0, 0.05) is 23.2 Å². The summed E-state index contributed by atoms with van der Waals surface area (Å²) in [6.45, 7) is 2.08. The van der Waals surface area contributed by atoms with Crippen LogP contribution in [0.1, 0.15) is 26.2 Å². The maximum atomic E-state index is 11.8. The Labute approximate surface area is 112 Å². The molecule has 2 N–H and O–H groups in total. The fourth-order valence-corrected chi connectivity index (χ4v) is 2.19. The van der Waals surface area contributed by atoms with Gasteiger partial charge in [0.1, 0.15) is 0 Å². The molecule has 0 saturated heterocycles. The van der Waals surface area contributed by atoms with Crippen LogP contribution in [0.3, 0.4) is 0 Å². The minimum Gasteiger partial charge on any atom is -0.326 e. The van der Waals surface area contributed by atoms with E-state index < -0.39 is 0 Å². The molecule has 0 aromatic heterocycles. The van der Waals surface area contributed by atoms with E-state index in [9.17, 15) is 9.59 Å². The van der Waals surface area contributed by atoms with Crippen molar-refractivity contribution in [3.05, 3.63) is 24.3 Å². The third kappa shape index (κ3) is 2.95. The summed E-state index contributed by atoms with van der Waals surface area (Å²) in [7, 11) is 0. The van der Waals surface area contributed by atoms with E-state index in [1.54, 1.807) is 0 Å². The second-order valence-electron chi connectivity index (χ2n) is 5.65. The Morgan fingerprint density at radius 2 is 1.68 bits per heavy atom. The average Bonchev–Trinajstić information content (AvgIpc) is 3.23. The van der Waals surface area contributed by atoms with Gasteiger partial charge in [-0.2, -0.15) is 0 Å². The van der Waals surface area contributed by atoms with Crippen LogP contribution >= 0.6 is 0 Å². The topological polar surface area (TPSA) is 58.2 Å². The lowest BCUT2D eigenvalue weighted by Crippen LogP contribution is -2.16. The van der Waals surface area contributed by atoms with Gasteiger partial charge in [0.2, 0.25) is 11.8 Å². The quantitative estimate of drug-likeness (QED) is 0.872. The molecule has 3 rings (SSSR count). The molecule has 0 heterocycles. The highest BCUT2D eigenvalue weighted by Gasteiger charge is 2.39. The third-order valence-electron chi connectivity index (χ3n) is 3.79. The van der Waals surface area contributed by atoms with Crippen LogP contribution in [0, 0.1) is 17.8 Å². The summed E-state index contributed by atoms with van der Waals surface area (Å²) >= 11 is 0. The van der Waals surface area contributed by atoms with Crippen LogP contribution in [0.25, 0.3) is 0 Å². The largest absolute Gasteiger partial charge is 0.326 e. The van der Waals surface area contributed by atoms with E-state index in [1.807, 2.05) is 24.3 Å². The molecule has 2 fully saturated rings. The van der Waals surface area contributed by atoms with Gasteiger partial charge in [-0.25, -0.2) is 0 Å². The maximum absolute atomic E-state index is 11.8. The zero-order chi connectivity index (χ0) is 13.4. The molecule has 4 heteroatoms. The smallest absolute Gasteiger partial charge is 0.227 e. The van der Waals surface area contributed by atoms with Gasteiger partial charge in [-0.05, 0) is 43.4 Å². The normalized spacial score (nSPS) is 24.7. The first-order valence-corrected chi connectivity index (χ1v) is 6.85. The molecule has 19 heavy (non-hydrogen) atoms. The van der Waals surface area contributed by atoms with Gasteiger partial charge in [-0.3, -0.25) is 9.59 Å². The number of hydrogen-bond donors (Lipinski definition) is 2. The summed E-state index contributed by atoms with van der Waals surface area (Å²) in [5.41, 5.74) is 1.50. The Morgan fingerprint density at radius 1 is 1.11 bits per heavy atom. The first kappa shape index (κ1) is 12.2. The summed E-state index contributed by atoms with van der Waals surface area (Å²) in [6, 6.07) is 7.34. The molecule has 2 saturated carbocycles. The standard InChI is InChI=1S/C15H18N2O2/c1-9-7-13(9)15(19)17-12-4-2-3-11(8-12)16-14(18)10-5-6-10/h2-4,8-10,13H,5-7H2,1H3,(H,16,18)(H,17,19)/t9-,13+/m1/s1. The highest BCUT2D eigenvalue weighted by molar-refractivity contribution is 5.97. The third-order valence-corrected chi connectivity index (χ3v) is 3.79. The average molecular weight is 258 g/mol. The lowest BCUT2D eigenvalue weighted by atomic mass is 10.2. The van der Waals surface area contributed by atoms with Crippen molar-refractivity contribution in [2.45, 2.75) is 26.2 Å². The summed E-state index contributed by atoms with van der Waals surface area (Å²) in [6.07, 6.45) is 2.95. The zero-order valence-electron chi connectivity index (χ0n) is 11.0. The zero-order valence-corrected chi connectivity index (χ0v) is 11.0. The van der Waals surface area contributed by atoms with E-state index in [2.05, 4.69) is 17.6 Å². The number of nitrogens with one attached hydrogen (secondary N) is 2. The van der Waals surface area contributed by atoms with Crippen LogP contribution in [0.2, 0.25) is 0 Å². The molecule has 100 valence electrons. The van der Waals surface area contributed by atoms with Crippen molar-refractivity contribution in [3.8, 4) is 0 Å². The lowest BCUT2D eigenvalue weighted by molar-refractivity contribution is -0.118. The van der Waals surface area contributed by atoms with E-state index in [0.29, 0.717) is 5.92 Å². The molecule has 0 spiro atoms. The van der Waals surface area contributed by atoms with Crippen molar-refractivity contribution in [2.75, 3.05) is 10.6 Å². The molecule has 2 aliphatic carbocycles. The molecule has 4 nitrogen and oxygen atoms in total. The summed E-state index contributed by atoms with van der Waals surface area (Å²) in [4.78, 5) is 23.5. The molecule has 2 atom stereocenters. The van der Waals surface area contributed by atoms with Crippen molar-refractivity contribution in [1.82, 2.24) is 0 Å². The molecular formula is C15H18N2O2. The van der Waals surface area contributed by atoms with Crippen LogP contribution in [0.15, 0.2) is 24.3 Å². The number of hydrogen-bond acceptors (Lipinski definition) is 2. The van der Waals surface area contributed by atoms with Crippen molar-refractivity contribution in [2.24, 2.45) is 17.8 Å². The van der Waals surface area contributed by atoms with E-state index >= 15 is 0 Å². The van der Waals surface area contributed by atoms with Gasteiger partial charge in [0.05, 0.1) is 0 Å². The van der Waals surface area contributed by atoms with Crippen molar-refractivity contribution >= 4 is 23.2 Å². The van der Waals surface area contributed by atoms with Gasteiger partial charge in [0.25, 0.3) is 0 Å². The fourth-order valence-electron chi connectivity index (χ4n) is 2.19. The second kappa shape index (κ2) is 4.68. The number of carbonyl (C=O) groups excluding carboxylic acids is 2. The van der Waals surface area contributed by atoms with Gasteiger partial charge in [-0.1, -0.05) is 13.0 Å². The van der Waals surface area contributed by atoms with Crippen LogP contribution in [0.5, 0.6) is 0 Å². The molecule has 1 aromatic rings. The Morgan fingerprint density at radius 3 is 2.21 bits per heavy atom. The van der Waals surface area contributed by atoms with Crippen molar-refractivity contribution < 1.29 is 9.59 Å². The first-order chi connectivity index (χ1) is 9.13. The van der Waals surface area contributed by atoms with Gasteiger partial charge >= 0.3 is 0 Å². The van der Waals surface area contributed by atoms with Crippen LogP contribution in [0.4, 0.5) is 11.4 Å². The minimum absolute atomic E-state index is 0.0816. The highest BCUT2D eigenvalue weighted by Crippen LogP contribution is 2.38. The van der Waals surface area contributed by atoms with Crippen LogP contribution < -0.4 is 10.6 Å². The van der Waals surface area contributed by atoms with Crippen LogP contribution in [-0.4, -0.2) is 11.8 Å². The molecule has 2 aliphatic rings. The molecule has 2 amide bonds. The van der Waals surface area contributed by atoms with Gasteiger partial charge < -0.3 is 10.6 Å². The van der Waals surface area contributed by atoms with Gasteiger partial charge in [-0.15, -0.1) is 0 Å². The molecule has 0 radical (unpaired) electrons. The SMILES string of the molecule is C[C@@H]1C[C@@H]1C(=O)Nc1cccc(NC(=O)C2CC2)c1. The van der Waals surface area contributed by atoms with Crippen LogP contribution in [-0.2, 0) is 9.59 Å². The summed E-state index contributed by atoms with van der Waals surface area (Å²) in [5.74, 6) is 1.01. The number of rotatable bonds is 4. The summed E-state index contributed by atoms with van der Waals surface area (Å²) < 4.78 is 0. The predicted octanol–water partition coefficient (Wildman–Crippen LogP) is 2.63. The maximum Gasteiger partial charge on any atom is 0.227 e.